The Morgan fingerprint density at radius 1 is 1.18 bits per heavy atom. The molecular formula is C19H26IN7S. The van der Waals surface area contributed by atoms with Crippen molar-refractivity contribution in [3.63, 3.8) is 0 Å². The Kier molecular flexibility index (Phi) is 9.91. The van der Waals surface area contributed by atoms with Gasteiger partial charge in [-0.2, -0.15) is 0 Å². The molecule has 3 heterocycles. The molecular weight excluding hydrogens is 485 g/mol. The minimum atomic E-state index is 0. The van der Waals surface area contributed by atoms with Gasteiger partial charge in [0, 0.05) is 37.1 Å². The van der Waals surface area contributed by atoms with Crippen LogP contribution in [0.15, 0.2) is 53.2 Å². The summed E-state index contributed by atoms with van der Waals surface area (Å²) >= 11 is 1.78. The predicted octanol–water partition coefficient (Wildman–Crippen LogP) is 2.89. The van der Waals surface area contributed by atoms with Gasteiger partial charge in [-0.1, -0.05) is 19.1 Å². The highest BCUT2D eigenvalue weighted by atomic mass is 127. The van der Waals surface area contributed by atoms with Gasteiger partial charge in [0.05, 0.1) is 12.2 Å². The van der Waals surface area contributed by atoms with Crippen LogP contribution in [0.4, 0.5) is 0 Å². The third-order valence-electron chi connectivity index (χ3n) is 4.03. The standard InChI is InChI=1S/C19H25N7S.HI/c1-2-18-25-24-15-26(18)12-11-22-19(21-10-8-17-7-5-13-27-17)23-14-16-6-3-4-9-20-16;/h3-7,9,13,15H,2,8,10-12,14H2,1H3,(H2,21,22,23);1H. The van der Waals surface area contributed by atoms with Crippen molar-refractivity contribution >= 4 is 41.3 Å². The van der Waals surface area contributed by atoms with E-state index in [0.29, 0.717) is 6.54 Å². The fourth-order valence-corrected chi connectivity index (χ4v) is 3.33. The molecule has 0 amide bonds. The molecule has 3 rings (SSSR count). The van der Waals surface area contributed by atoms with Gasteiger partial charge in [-0.05, 0) is 30.0 Å². The molecule has 28 heavy (non-hydrogen) atoms. The minimum absolute atomic E-state index is 0. The molecule has 7 nitrogen and oxygen atoms in total. The highest BCUT2D eigenvalue weighted by Crippen LogP contribution is 2.08. The summed E-state index contributed by atoms with van der Waals surface area (Å²) in [6, 6.07) is 10.1. The lowest BCUT2D eigenvalue weighted by Gasteiger charge is -2.13. The molecule has 0 fully saturated rings. The van der Waals surface area contributed by atoms with E-state index in [2.05, 4.69) is 59.8 Å². The fraction of sp³-hybridized carbons (Fsp3) is 0.368. The molecule has 9 heteroatoms. The number of nitrogens with one attached hydrogen (secondary N) is 2. The first-order chi connectivity index (χ1) is 13.3. The van der Waals surface area contributed by atoms with Crippen LogP contribution < -0.4 is 10.6 Å². The molecule has 0 spiro atoms. The molecule has 0 aliphatic heterocycles. The molecule has 0 aliphatic rings. The van der Waals surface area contributed by atoms with Crippen molar-refractivity contribution < 1.29 is 0 Å². The van der Waals surface area contributed by atoms with Crippen LogP contribution in [0.1, 0.15) is 23.3 Å². The molecule has 0 unspecified atom stereocenters. The van der Waals surface area contributed by atoms with Gasteiger partial charge in [-0.25, -0.2) is 4.99 Å². The van der Waals surface area contributed by atoms with Crippen molar-refractivity contribution in [1.82, 2.24) is 30.4 Å². The van der Waals surface area contributed by atoms with Crippen LogP contribution in [0.25, 0.3) is 0 Å². The maximum absolute atomic E-state index is 4.67. The van der Waals surface area contributed by atoms with Gasteiger partial charge in [-0.15, -0.1) is 45.5 Å². The summed E-state index contributed by atoms with van der Waals surface area (Å²) in [4.78, 5) is 10.4. The molecule has 0 bridgehead atoms. The largest absolute Gasteiger partial charge is 0.356 e. The average Bonchev–Trinajstić information content (AvgIpc) is 3.38. The Morgan fingerprint density at radius 2 is 2.07 bits per heavy atom. The first-order valence-corrected chi connectivity index (χ1v) is 10.0. The summed E-state index contributed by atoms with van der Waals surface area (Å²) in [7, 11) is 0. The number of halogens is 1. The molecule has 0 aliphatic carbocycles. The first-order valence-electron chi connectivity index (χ1n) is 9.16. The van der Waals surface area contributed by atoms with E-state index in [1.54, 1.807) is 23.9 Å². The van der Waals surface area contributed by atoms with Crippen LogP contribution in [0.2, 0.25) is 0 Å². The van der Waals surface area contributed by atoms with Gasteiger partial charge in [0.1, 0.15) is 12.2 Å². The Balaban J connectivity index is 0.00000280. The molecule has 2 N–H and O–H groups in total. The van der Waals surface area contributed by atoms with E-state index in [-0.39, 0.29) is 24.0 Å². The van der Waals surface area contributed by atoms with Crippen LogP contribution in [0.5, 0.6) is 0 Å². The molecule has 3 aromatic heterocycles. The van der Waals surface area contributed by atoms with E-state index < -0.39 is 0 Å². The second kappa shape index (κ2) is 12.4. The normalized spacial score (nSPS) is 11.1. The lowest BCUT2D eigenvalue weighted by molar-refractivity contribution is 0.631. The van der Waals surface area contributed by atoms with E-state index in [4.69, 9.17) is 0 Å². The summed E-state index contributed by atoms with van der Waals surface area (Å²) in [6.45, 7) is 5.01. The van der Waals surface area contributed by atoms with E-state index in [1.165, 1.54) is 4.88 Å². The zero-order valence-electron chi connectivity index (χ0n) is 15.9. The molecule has 0 atom stereocenters. The van der Waals surface area contributed by atoms with Crippen molar-refractivity contribution in [3.8, 4) is 0 Å². The molecule has 0 radical (unpaired) electrons. The number of rotatable bonds is 9. The number of nitrogens with zero attached hydrogens (tertiary/aromatic N) is 5. The lowest BCUT2D eigenvalue weighted by Crippen LogP contribution is -2.40. The summed E-state index contributed by atoms with van der Waals surface area (Å²) in [5.74, 6) is 1.79. The third kappa shape index (κ3) is 7.19. The number of aryl methyl sites for hydroxylation is 1. The predicted molar refractivity (Wildman–Crippen MR) is 124 cm³/mol. The molecule has 0 saturated carbocycles. The van der Waals surface area contributed by atoms with Crippen molar-refractivity contribution in [2.75, 3.05) is 13.1 Å². The van der Waals surface area contributed by atoms with E-state index >= 15 is 0 Å². The molecule has 0 saturated heterocycles. The number of hydrogen-bond acceptors (Lipinski definition) is 5. The van der Waals surface area contributed by atoms with E-state index in [9.17, 15) is 0 Å². The van der Waals surface area contributed by atoms with Crippen molar-refractivity contribution in [2.45, 2.75) is 32.9 Å². The number of guanidine groups is 1. The molecule has 150 valence electrons. The SMILES string of the molecule is CCc1nncn1CCNC(=NCc1ccccn1)NCCc1cccs1.I. The number of aromatic nitrogens is 4. The number of thiophene rings is 1. The van der Waals surface area contributed by atoms with Crippen LogP contribution >= 0.6 is 35.3 Å². The number of pyridine rings is 1. The second-order valence-electron chi connectivity index (χ2n) is 5.96. The fourth-order valence-electron chi connectivity index (χ4n) is 2.62. The maximum Gasteiger partial charge on any atom is 0.191 e. The van der Waals surface area contributed by atoms with Gasteiger partial charge in [0.15, 0.2) is 5.96 Å². The van der Waals surface area contributed by atoms with Gasteiger partial charge < -0.3 is 15.2 Å². The van der Waals surface area contributed by atoms with Crippen LogP contribution in [-0.4, -0.2) is 38.8 Å². The zero-order chi connectivity index (χ0) is 18.7. The van der Waals surface area contributed by atoms with Gasteiger partial charge in [-0.3, -0.25) is 4.98 Å². The summed E-state index contributed by atoms with van der Waals surface area (Å²) < 4.78 is 2.06. The minimum Gasteiger partial charge on any atom is -0.356 e. The highest BCUT2D eigenvalue weighted by molar-refractivity contribution is 14.0. The Hall–Kier alpha value is -2.01. The van der Waals surface area contributed by atoms with Crippen molar-refractivity contribution in [1.29, 1.82) is 0 Å². The Bertz CT molecular complexity index is 818. The second-order valence-corrected chi connectivity index (χ2v) is 7.00. The Morgan fingerprint density at radius 3 is 2.82 bits per heavy atom. The van der Waals surface area contributed by atoms with E-state index in [0.717, 1.165) is 50.0 Å². The van der Waals surface area contributed by atoms with Crippen LogP contribution in [0.3, 0.4) is 0 Å². The van der Waals surface area contributed by atoms with Gasteiger partial charge in [0.2, 0.25) is 0 Å². The summed E-state index contributed by atoms with van der Waals surface area (Å²) in [5.41, 5.74) is 0.948. The molecule has 0 aromatic carbocycles. The van der Waals surface area contributed by atoms with Crippen molar-refractivity contribution in [3.05, 3.63) is 64.6 Å². The Labute approximate surface area is 186 Å². The number of aliphatic imine (C=N–C) groups is 1. The summed E-state index contributed by atoms with van der Waals surface area (Å²) in [6.07, 6.45) is 5.42. The zero-order valence-corrected chi connectivity index (χ0v) is 19.1. The maximum atomic E-state index is 4.67. The van der Waals surface area contributed by atoms with E-state index in [1.807, 2.05) is 18.2 Å². The molecule has 3 aromatic rings. The van der Waals surface area contributed by atoms with Crippen molar-refractivity contribution in [2.24, 2.45) is 4.99 Å². The smallest absolute Gasteiger partial charge is 0.191 e. The quantitative estimate of drug-likeness (QED) is 0.263. The topological polar surface area (TPSA) is 80.0 Å². The third-order valence-corrected chi connectivity index (χ3v) is 4.96. The lowest BCUT2D eigenvalue weighted by atomic mass is 10.3. The van der Waals surface area contributed by atoms with Crippen LogP contribution in [-0.2, 0) is 25.9 Å². The number of hydrogen-bond donors (Lipinski definition) is 2. The monoisotopic (exact) mass is 511 g/mol. The van der Waals surface area contributed by atoms with Crippen LogP contribution in [0, 0.1) is 0 Å². The van der Waals surface area contributed by atoms with Gasteiger partial charge in [0.25, 0.3) is 0 Å². The highest BCUT2D eigenvalue weighted by Gasteiger charge is 2.03. The van der Waals surface area contributed by atoms with Gasteiger partial charge >= 0.3 is 0 Å². The summed E-state index contributed by atoms with van der Waals surface area (Å²) in [5, 5.41) is 17.0. The average molecular weight is 511 g/mol. The first kappa shape index (κ1) is 22.3.